The largest absolute Gasteiger partial charge is 0.354 e. The van der Waals surface area contributed by atoms with Crippen LogP contribution < -0.4 is 27.4 Å². The Bertz CT molecular complexity index is 946. The van der Waals surface area contributed by atoms with Crippen molar-refractivity contribution < 1.29 is 4.79 Å². The molecule has 2 amide bonds. The number of hydrogen-bond acceptors (Lipinski definition) is 6. The number of nitrogens with zero attached hydrogens (tertiary/aromatic N) is 3. The van der Waals surface area contributed by atoms with Crippen molar-refractivity contribution in [3.8, 4) is 5.69 Å². The Labute approximate surface area is 188 Å². The topological polar surface area (TPSA) is 117 Å². The quantitative estimate of drug-likeness (QED) is 0.535. The molecule has 1 aliphatic heterocycles. The molecule has 2 aromatic rings. The Hall–Kier alpha value is -2.75. The third-order valence-corrected chi connectivity index (χ3v) is 6.28. The summed E-state index contributed by atoms with van der Waals surface area (Å²) in [5.41, 5.74) is 7.52. The summed E-state index contributed by atoms with van der Waals surface area (Å²) in [5.74, 6) is 0.265. The van der Waals surface area contributed by atoms with Crippen LogP contribution in [0.4, 0.5) is 10.6 Å². The molecule has 1 saturated carbocycles. The van der Waals surface area contributed by atoms with Gasteiger partial charge in [0.1, 0.15) is 5.82 Å². The van der Waals surface area contributed by atoms with E-state index < -0.39 is 5.69 Å². The molecule has 9 heteroatoms. The summed E-state index contributed by atoms with van der Waals surface area (Å²) in [5, 5.41) is 9.54. The lowest BCUT2D eigenvalue weighted by atomic mass is 9.92. The first-order chi connectivity index (χ1) is 15.6. The van der Waals surface area contributed by atoms with Crippen LogP contribution in [0, 0.1) is 0 Å². The van der Waals surface area contributed by atoms with E-state index in [9.17, 15) is 9.59 Å². The molecule has 0 radical (unpaired) electrons. The zero-order valence-corrected chi connectivity index (χ0v) is 18.4. The van der Waals surface area contributed by atoms with Gasteiger partial charge in [0.15, 0.2) is 0 Å². The fraction of sp³-hybridized carbons (Fsp3) is 0.522. The lowest BCUT2D eigenvalue weighted by molar-refractivity contribution is 0.204. The molecule has 1 aliphatic carbocycles. The first-order valence-electron chi connectivity index (χ1n) is 11.5. The van der Waals surface area contributed by atoms with Crippen molar-refractivity contribution in [2.75, 3.05) is 38.0 Å². The summed E-state index contributed by atoms with van der Waals surface area (Å²) in [6.45, 7) is 3.75. The van der Waals surface area contributed by atoms with Gasteiger partial charge in [-0.05, 0) is 62.4 Å². The monoisotopic (exact) mass is 439 g/mol. The molecule has 0 bridgehead atoms. The summed E-state index contributed by atoms with van der Waals surface area (Å²) in [4.78, 5) is 30.5. The van der Waals surface area contributed by atoms with Crippen molar-refractivity contribution in [1.82, 2.24) is 25.1 Å². The minimum absolute atomic E-state index is 0.231. The first kappa shape index (κ1) is 22.4. The van der Waals surface area contributed by atoms with E-state index in [0.717, 1.165) is 57.4 Å². The molecule has 2 fully saturated rings. The molecule has 1 saturated heterocycles. The van der Waals surface area contributed by atoms with Crippen molar-refractivity contribution >= 4 is 11.8 Å². The summed E-state index contributed by atoms with van der Waals surface area (Å²) in [6, 6.07) is 10.3. The number of amides is 2. The van der Waals surface area contributed by atoms with Crippen LogP contribution in [0.3, 0.4) is 0 Å². The molecular formula is C23H33N7O2. The molecule has 4 rings (SSSR count). The van der Waals surface area contributed by atoms with E-state index in [-0.39, 0.29) is 11.8 Å². The zero-order chi connectivity index (χ0) is 22.3. The lowest BCUT2D eigenvalue weighted by Crippen LogP contribution is -2.48. The second-order valence-electron chi connectivity index (χ2n) is 8.61. The number of piperazine rings is 1. The number of nitrogens with two attached hydrogens (primary N) is 1. The molecule has 2 heterocycles. The van der Waals surface area contributed by atoms with Crippen LogP contribution in [-0.2, 0) is 6.42 Å². The summed E-state index contributed by atoms with van der Waals surface area (Å²) >= 11 is 0. The van der Waals surface area contributed by atoms with Crippen LogP contribution in [0.15, 0.2) is 41.3 Å². The van der Waals surface area contributed by atoms with Crippen LogP contribution in [-0.4, -0.2) is 65.3 Å². The number of urea groups is 1. The smallest absolute Gasteiger partial charge is 0.328 e. The van der Waals surface area contributed by atoms with Gasteiger partial charge in [-0.2, -0.15) is 4.98 Å². The van der Waals surface area contributed by atoms with E-state index in [1.54, 1.807) is 17.2 Å². The van der Waals surface area contributed by atoms with Crippen molar-refractivity contribution in [2.24, 2.45) is 5.73 Å². The molecule has 0 spiro atoms. The zero-order valence-electron chi connectivity index (χ0n) is 18.4. The molecule has 1 aromatic carbocycles. The SMILES string of the molecule is NC1CCC(NCCc2ccc(-n3ccc(NC(=O)N4CCNCC4)nc3=O)cc2)CC1. The Morgan fingerprint density at radius 3 is 2.50 bits per heavy atom. The van der Waals surface area contributed by atoms with Gasteiger partial charge in [-0.25, -0.2) is 9.59 Å². The van der Waals surface area contributed by atoms with Gasteiger partial charge in [-0.3, -0.25) is 9.88 Å². The Morgan fingerprint density at radius 1 is 1.09 bits per heavy atom. The highest BCUT2D eigenvalue weighted by molar-refractivity contribution is 5.88. The maximum atomic E-state index is 12.5. The maximum Gasteiger partial charge on any atom is 0.354 e. The number of carbonyl (C=O) groups is 1. The number of rotatable bonds is 6. The molecule has 1 aromatic heterocycles. The number of carbonyl (C=O) groups excluding carboxylic acids is 1. The van der Waals surface area contributed by atoms with Gasteiger partial charge in [0.25, 0.3) is 0 Å². The van der Waals surface area contributed by atoms with Gasteiger partial charge in [0.05, 0.1) is 5.69 Å². The van der Waals surface area contributed by atoms with E-state index in [2.05, 4.69) is 20.9 Å². The molecule has 2 aliphatic rings. The van der Waals surface area contributed by atoms with Crippen LogP contribution in [0.5, 0.6) is 0 Å². The summed E-state index contributed by atoms with van der Waals surface area (Å²) in [7, 11) is 0. The fourth-order valence-electron chi connectivity index (χ4n) is 4.29. The molecule has 0 atom stereocenters. The summed E-state index contributed by atoms with van der Waals surface area (Å²) in [6.07, 6.45) is 7.10. The minimum atomic E-state index is -0.423. The van der Waals surface area contributed by atoms with Crippen LogP contribution in [0.2, 0.25) is 0 Å². The molecule has 0 unspecified atom stereocenters. The predicted molar refractivity (Wildman–Crippen MR) is 125 cm³/mol. The molecular weight excluding hydrogens is 406 g/mol. The average molecular weight is 440 g/mol. The van der Waals surface area contributed by atoms with E-state index in [1.807, 2.05) is 24.3 Å². The highest BCUT2D eigenvalue weighted by atomic mass is 16.2. The second-order valence-corrected chi connectivity index (χ2v) is 8.61. The molecule has 32 heavy (non-hydrogen) atoms. The van der Waals surface area contributed by atoms with Crippen molar-refractivity contribution in [2.45, 2.75) is 44.2 Å². The van der Waals surface area contributed by atoms with E-state index in [4.69, 9.17) is 5.73 Å². The lowest BCUT2D eigenvalue weighted by Gasteiger charge is -2.27. The third kappa shape index (κ3) is 5.93. The van der Waals surface area contributed by atoms with E-state index in [1.165, 1.54) is 10.1 Å². The number of benzene rings is 1. The third-order valence-electron chi connectivity index (χ3n) is 6.28. The predicted octanol–water partition coefficient (Wildman–Crippen LogP) is 1.07. The maximum absolute atomic E-state index is 12.5. The Morgan fingerprint density at radius 2 is 1.81 bits per heavy atom. The standard InChI is InChI=1S/C23H33N7O2/c24-18-3-5-19(6-4-18)26-11-9-17-1-7-20(8-2-17)30-14-10-21(28-23(30)32)27-22(31)29-15-12-25-13-16-29/h1-2,7-8,10,14,18-19,25-26H,3-6,9,11-13,15-16,24H2,(H,27,28,31,32). The Kier molecular flexibility index (Phi) is 7.51. The van der Waals surface area contributed by atoms with Gasteiger partial charge in [0.2, 0.25) is 0 Å². The van der Waals surface area contributed by atoms with Gasteiger partial charge in [-0.15, -0.1) is 0 Å². The van der Waals surface area contributed by atoms with Gasteiger partial charge in [-0.1, -0.05) is 12.1 Å². The molecule has 5 N–H and O–H groups in total. The van der Waals surface area contributed by atoms with Crippen LogP contribution in [0.1, 0.15) is 31.2 Å². The summed E-state index contributed by atoms with van der Waals surface area (Å²) < 4.78 is 1.48. The number of aromatic nitrogens is 2. The highest BCUT2D eigenvalue weighted by Crippen LogP contribution is 2.17. The van der Waals surface area contributed by atoms with Gasteiger partial charge < -0.3 is 21.3 Å². The van der Waals surface area contributed by atoms with Crippen molar-refractivity contribution in [3.05, 3.63) is 52.6 Å². The van der Waals surface area contributed by atoms with Crippen molar-refractivity contribution in [1.29, 1.82) is 0 Å². The first-order valence-corrected chi connectivity index (χ1v) is 11.5. The Balaban J connectivity index is 1.30. The average Bonchev–Trinajstić information content (AvgIpc) is 2.82. The number of hydrogen-bond donors (Lipinski definition) is 4. The van der Waals surface area contributed by atoms with E-state index >= 15 is 0 Å². The fourth-order valence-corrected chi connectivity index (χ4v) is 4.29. The van der Waals surface area contributed by atoms with E-state index in [0.29, 0.717) is 25.2 Å². The van der Waals surface area contributed by atoms with Crippen LogP contribution >= 0.6 is 0 Å². The second kappa shape index (κ2) is 10.7. The molecule has 9 nitrogen and oxygen atoms in total. The minimum Gasteiger partial charge on any atom is -0.328 e. The number of nitrogens with one attached hydrogen (secondary N) is 3. The molecule has 172 valence electrons. The van der Waals surface area contributed by atoms with Crippen molar-refractivity contribution in [3.63, 3.8) is 0 Å². The van der Waals surface area contributed by atoms with Gasteiger partial charge >= 0.3 is 11.7 Å². The van der Waals surface area contributed by atoms with Gasteiger partial charge in [0, 0.05) is 44.5 Å². The highest BCUT2D eigenvalue weighted by Gasteiger charge is 2.18. The number of anilines is 1. The normalized spacial score (nSPS) is 21.3. The van der Waals surface area contributed by atoms with Crippen LogP contribution in [0.25, 0.3) is 5.69 Å².